The number of nitrogens with zero attached hydrogens (tertiary/aromatic N) is 1. The number of hydrogen-bond acceptors (Lipinski definition) is 2. The molecule has 2 nitrogen and oxygen atoms in total. The fourth-order valence-electron chi connectivity index (χ4n) is 8.48. The molecule has 0 fully saturated rings. The molecule has 240 valence electrons. The van der Waals surface area contributed by atoms with Gasteiger partial charge in [0.15, 0.2) is 0 Å². The highest BCUT2D eigenvalue weighted by molar-refractivity contribution is 5.95. The molecule has 0 N–H and O–H groups in total. The highest BCUT2D eigenvalue weighted by Crippen LogP contribution is 2.64. The van der Waals surface area contributed by atoms with E-state index in [1.165, 1.54) is 50.1 Å². The second kappa shape index (κ2) is 11.8. The van der Waals surface area contributed by atoms with Crippen LogP contribution in [0.3, 0.4) is 0 Å². The van der Waals surface area contributed by atoms with Gasteiger partial charge in [-0.15, -0.1) is 0 Å². The number of rotatable bonds is 5. The molecule has 0 bridgehead atoms. The maximum Gasteiger partial charge on any atom is 0.132 e. The highest BCUT2D eigenvalue weighted by atomic mass is 16.5. The summed E-state index contributed by atoms with van der Waals surface area (Å²) < 4.78 is 6.83. The average molecular weight is 652 g/mol. The first-order valence-electron chi connectivity index (χ1n) is 17.5. The van der Waals surface area contributed by atoms with E-state index in [0.29, 0.717) is 0 Å². The van der Waals surface area contributed by atoms with E-state index in [9.17, 15) is 0 Å². The van der Waals surface area contributed by atoms with Crippen LogP contribution in [0.5, 0.6) is 11.5 Å². The maximum absolute atomic E-state index is 6.83. The molecule has 0 radical (unpaired) electrons. The monoisotopic (exact) mass is 651 g/mol. The van der Waals surface area contributed by atoms with Crippen LogP contribution >= 0.6 is 0 Å². The number of benzene rings is 8. The summed E-state index contributed by atoms with van der Waals surface area (Å²) >= 11 is 0. The number of para-hydroxylation sites is 3. The third kappa shape index (κ3) is 4.43. The first-order chi connectivity index (χ1) is 25.3. The molecule has 8 aromatic rings. The van der Waals surface area contributed by atoms with E-state index in [4.69, 9.17) is 4.74 Å². The van der Waals surface area contributed by atoms with Gasteiger partial charge < -0.3 is 9.64 Å². The van der Waals surface area contributed by atoms with E-state index in [1.807, 2.05) is 0 Å². The Kier molecular flexibility index (Phi) is 6.75. The summed E-state index contributed by atoms with van der Waals surface area (Å²) in [7, 11) is 0. The molecule has 8 aromatic carbocycles. The van der Waals surface area contributed by atoms with Crippen LogP contribution < -0.4 is 9.64 Å². The van der Waals surface area contributed by atoms with Crippen LogP contribution in [0.2, 0.25) is 0 Å². The van der Waals surface area contributed by atoms with Crippen molar-refractivity contribution < 1.29 is 4.74 Å². The van der Waals surface area contributed by atoms with Crippen LogP contribution in [0.15, 0.2) is 200 Å². The minimum atomic E-state index is -0.625. The van der Waals surface area contributed by atoms with Crippen molar-refractivity contribution in [3.05, 3.63) is 222 Å². The van der Waals surface area contributed by atoms with Gasteiger partial charge in [0.05, 0.1) is 11.1 Å². The zero-order chi connectivity index (χ0) is 33.8. The normalized spacial score (nSPS) is 14.9. The van der Waals surface area contributed by atoms with E-state index >= 15 is 0 Å². The SMILES string of the molecule is c1ccc(-c2ccccc2N(c2ccccc2)c2ccc3c(c2)C2(c4ccccc4Oc4cccc(-c5ccccc5)c42)c2ccccc2-3)cc1. The van der Waals surface area contributed by atoms with Crippen LogP contribution in [-0.2, 0) is 5.41 Å². The number of anilines is 3. The van der Waals surface area contributed by atoms with E-state index in [1.54, 1.807) is 0 Å². The molecule has 51 heavy (non-hydrogen) atoms. The zero-order valence-corrected chi connectivity index (χ0v) is 27.9. The lowest BCUT2D eigenvalue weighted by Crippen LogP contribution is -2.33. The van der Waals surface area contributed by atoms with Crippen molar-refractivity contribution in [2.24, 2.45) is 0 Å². The van der Waals surface area contributed by atoms with Gasteiger partial charge in [-0.2, -0.15) is 0 Å². The smallest absolute Gasteiger partial charge is 0.132 e. The Morgan fingerprint density at radius 2 is 0.902 bits per heavy atom. The number of hydrogen-bond donors (Lipinski definition) is 0. The molecule has 0 aromatic heterocycles. The van der Waals surface area contributed by atoms with Gasteiger partial charge in [0.2, 0.25) is 0 Å². The Balaban J connectivity index is 1.30. The van der Waals surface area contributed by atoms with Crippen LogP contribution in [0, 0.1) is 0 Å². The summed E-state index contributed by atoms with van der Waals surface area (Å²) in [5.74, 6) is 1.77. The lowest BCUT2D eigenvalue weighted by Gasteiger charge is -2.41. The van der Waals surface area contributed by atoms with E-state index < -0.39 is 5.41 Å². The molecule has 2 heteroatoms. The Morgan fingerprint density at radius 1 is 0.353 bits per heavy atom. The zero-order valence-electron chi connectivity index (χ0n) is 27.9. The number of fused-ring (bicyclic) bond motifs is 9. The molecule has 0 saturated carbocycles. The summed E-state index contributed by atoms with van der Waals surface area (Å²) in [5.41, 5.74) is 14.7. The van der Waals surface area contributed by atoms with Crippen molar-refractivity contribution in [1.82, 2.24) is 0 Å². The lowest BCUT2D eigenvalue weighted by atomic mass is 9.64. The molecule has 1 spiro atoms. The third-order valence-electron chi connectivity index (χ3n) is 10.5. The Morgan fingerprint density at radius 3 is 1.67 bits per heavy atom. The summed E-state index contributed by atoms with van der Waals surface area (Å²) in [5, 5.41) is 0. The Hall–Kier alpha value is -6.64. The van der Waals surface area contributed by atoms with Crippen molar-refractivity contribution in [2.45, 2.75) is 5.41 Å². The van der Waals surface area contributed by atoms with Crippen LogP contribution in [0.4, 0.5) is 17.1 Å². The van der Waals surface area contributed by atoms with Crippen LogP contribution in [-0.4, -0.2) is 0 Å². The lowest BCUT2D eigenvalue weighted by molar-refractivity contribution is 0.437. The Labute approximate surface area is 298 Å². The molecule has 1 heterocycles. The largest absolute Gasteiger partial charge is 0.457 e. The summed E-state index contributed by atoms with van der Waals surface area (Å²) in [6, 6.07) is 72.0. The third-order valence-corrected chi connectivity index (χ3v) is 10.5. The molecule has 0 saturated heterocycles. The van der Waals surface area contributed by atoms with E-state index in [-0.39, 0.29) is 0 Å². The van der Waals surface area contributed by atoms with Crippen LogP contribution in [0.1, 0.15) is 22.3 Å². The van der Waals surface area contributed by atoms with Gasteiger partial charge in [-0.05, 0) is 81.4 Å². The van der Waals surface area contributed by atoms with Crippen molar-refractivity contribution >= 4 is 17.1 Å². The predicted molar refractivity (Wildman–Crippen MR) is 209 cm³/mol. The summed E-state index contributed by atoms with van der Waals surface area (Å²) in [4.78, 5) is 2.41. The summed E-state index contributed by atoms with van der Waals surface area (Å²) in [6.45, 7) is 0. The maximum atomic E-state index is 6.83. The second-order valence-electron chi connectivity index (χ2n) is 13.2. The topological polar surface area (TPSA) is 12.5 Å². The minimum absolute atomic E-state index is 0.625. The van der Waals surface area contributed by atoms with Crippen molar-refractivity contribution in [1.29, 1.82) is 0 Å². The van der Waals surface area contributed by atoms with Gasteiger partial charge in [0.25, 0.3) is 0 Å². The van der Waals surface area contributed by atoms with Gasteiger partial charge in [-0.3, -0.25) is 0 Å². The van der Waals surface area contributed by atoms with E-state index in [0.717, 1.165) is 34.1 Å². The van der Waals surface area contributed by atoms with Gasteiger partial charge in [-0.1, -0.05) is 158 Å². The molecule has 1 unspecified atom stereocenters. The molecule has 2 aliphatic rings. The highest BCUT2D eigenvalue weighted by Gasteiger charge is 2.52. The molecular weight excluding hydrogens is 619 g/mol. The number of ether oxygens (including phenoxy) is 1. The van der Waals surface area contributed by atoms with E-state index in [2.05, 4.69) is 205 Å². The van der Waals surface area contributed by atoms with Crippen molar-refractivity contribution in [3.63, 3.8) is 0 Å². The second-order valence-corrected chi connectivity index (χ2v) is 13.2. The first-order valence-corrected chi connectivity index (χ1v) is 17.5. The predicted octanol–water partition coefficient (Wildman–Crippen LogP) is 13.0. The molecule has 1 atom stereocenters. The standard InChI is InChI=1S/C49H33NO/c1-4-17-34(18-5-1)38-23-11-14-28-45(38)50(36-21-8-3-9-22-36)37-31-32-41-40-24-10-12-26-42(40)49(44(41)33-37)43-27-13-15-29-46(43)51-47-30-16-25-39(48(47)49)35-19-6-2-7-20-35/h1-33H. The molecule has 1 aliphatic heterocycles. The first kappa shape index (κ1) is 29.3. The van der Waals surface area contributed by atoms with Crippen LogP contribution in [0.25, 0.3) is 33.4 Å². The fraction of sp³-hybridized carbons (Fsp3) is 0.0204. The molecule has 1 aliphatic carbocycles. The fourth-order valence-corrected chi connectivity index (χ4v) is 8.48. The quantitative estimate of drug-likeness (QED) is 0.184. The molecular formula is C49H33NO. The summed E-state index contributed by atoms with van der Waals surface area (Å²) in [6.07, 6.45) is 0. The van der Waals surface area contributed by atoms with Crippen molar-refractivity contribution in [3.8, 4) is 44.9 Å². The van der Waals surface area contributed by atoms with Gasteiger partial charge in [0.1, 0.15) is 11.5 Å². The Bertz CT molecular complexity index is 2560. The van der Waals surface area contributed by atoms with Crippen molar-refractivity contribution in [2.75, 3.05) is 4.90 Å². The van der Waals surface area contributed by atoms with Gasteiger partial charge in [-0.25, -0.2) is 0 Å². The molecule has 0 amide bonds. The van der Waals surface area contributed by atoms with Gasteiger partial charge in [0, 0.05) is 28.1 Å². The molecule has 10 rings (SSSR count). The van der Waals surface area contributed by atoms with Gasteiger partial charge >= 0.3 is 0 Å². The minimum Gasteiger partial charge on any atom is -0.457 e. The average Bonchev–Trinajstić information content (AvgIpc) is 3.49.